The molecule has 1 fully saturated rings. The van der Waals surface area contributed by atoms with E-state index in [0.29, 0.717) is 42.6 Å². The number of ether oxygens (including phenoxy) is 1. The molecule has 1 aliphatic carbocycles. The highest BCUT2D eigenvalue weighted by Gasteiger charge is 2.37. The third kappa shape index (κ3) is 6.55. The summed E-state index contributed by atoms with van der Waals surface area (Å²) in [5, 5.41) is 11.0. The van der Waals surface area contributed by atoms with E-state index in [1.165, 1.54) is 5.56 Å². The topological polar surface area (TPSA) is 95.9 Å². The number of fused-ring (bicyclic) bond motifs is 3. The van der Waals surface area contributed by atoms with Crippen LogP contribution in [0.5, 0.6) is 5.75 Å². The number of carbonyl (C=O) groups is 1. The number of hydrogen-bond donors (Lipinski definition) is 2. The van der Waals surface area contributed by atoms with Crippen LogP contribution in [0.2, 0.25) is 5.02 Å². The van der Waals surface area contributed by atoms with Gasteiger partial charge in [-0.05, 0) is 105 Å². The lowest BCUT2D eigenvalue weighted by molar-refractivity contribution is 0.00935. The van der Waals surface area contributed by atoms with Gasteiger partial charge in [0.05, 0.1) is 17.0 Å². The summed E-state index contributed by atoms with van der Waals surface area (Å²) in [6.45, 7) is 3.53. The Kier molecular flexibility index (Phi) is 8.74. The van der Waals surface area contributed by atoms with Crippen molar-refractivity contribution in [1.82, 2.24) is 4.72 Å². The number of halogens is 1. The number of nitrogens with zero attached hydrogens (tertiary/aromatic N) is 1. The van der Waals surface area contributed by atoms with Crippen LogP contribution in [0.15, 0.2) is 36.4 Å². The minimum Gasteiger partial charge on any atom is -0.487 e. The molecule has 39 heavy (non-hydrogen) atoms. The van der Waals surface area contributed by atoms with E-state index in [-0.39, 0.29) is 17.6 Å². The van der Waals surface area contributed by atoms with Crippen molar-refractivity contribution in [3.8, 4) is 5.75 Å². The Morgan fingerprint density at radius 1 is 1.00 bits per heavy atom. The van der Waals surface area contributed by atoms with Gasteiger partial charge in [-0.2, -0.15) is 0 Å². The van der Waals surface area contributed by atoms with Crippen LogP contribution < -0.4 is 14.4 Å². The van der Waals surface area contributed by atoms with Crippen LogP contribution in [-0.4, -0.2) is 43.9 Å². The molecule has 0 unspecified atom stereocenters. The average Bonchev–Trinajstić information content (AvgIpc) is 2.91. The summed E-state index contributed by atoms with van der Waals surface area (Å²) in [5.41, 5.74) is 3.34. The monoisotopic (exact) mass is 574 g/mol. The minimum atomic E-state index is -3.83. The molecule has 1 saturated carbocycles. The van der Waals surface area contributed by atoms with Gasteiger partial charge in [0.15, 0.2) is 0 Å². The largest absolute Gasteiger partial charge is 0.487 e. The van der Waals surface area contributed by atoms with Crippen molar-refractivity contribution in [3.63, 3.8) is 0 Å². The van der Waals surface area contributed by atoms with Crippen LogP contribution in [0.25, 0.3) is 0 Å². The molecule has 1 amide bonds. The molecule has 4 atom stereocenters. The molecule has 2 N–H and O–H groups in total. The van der Waals surface area contributed by atoms with Crippen LogP contribution >= 0.6 is 11.6 Å². The van der Waals surface area contributed by atoms with Crippen LogP contribution in [-0.2, 0) is 23.1 Å². The highest BCUT2D eigenvalue weighted by molar-refractivity contribution is 7.90. The van der Waals surface area contributed by atoms with E-state index >= 15 is 0 Å². The molecular formula is C30H39ClN2O5S. The fourth-order valence-electron chi connectivity index (χ4n) is 6.13. The normalized spacial score (nSPS) is 28.0. The van der Waals surface area contributed by atoms with E-state index < -0.39 is 21.2 Å². The first kappa shape index (κ1) is 28.2. The molecule has 7 nitrogen and oxygen atoms in total. The van der Waals surface area contributed by atoms with Gasteiger partial charge in [0.25, 0.3) is 5.91 Å². The maximum atomic E-state index is 13.2. The van der Waals surface area contributed by atoms with Crippen molar-refractivity contribution in [1.29, 1.82) is 0 Å². The van der Waals surface area contributed by atoms with E-state index in [2.05, 4.69) is 9.62 Å². The summed E-state index contributed by atoms with van der Waals surface area (Å²) in [4.78, 5) is 15.4. The number of aliphatic hydroxyl groups excluding tert-OH is 1. The van der Waals surface area contributed by atoms with Gasteiger partial charge >= 0.3 is 0 Å². The molecule has 0 spiro atoms. The van der Waals surface area contributed by atoms with E-state index in [0.717, 1.165) is 62.9 Å². The molecule has 3 aliphatic rings. The summed E-state index contributed by atoms with van der Waals surface area (Å²) in [7, 11) is -3.83. The molecule has 2 bridgehead atoms. The Morgan fingerprint density at radius 3 is 2.62 bits per heavy atom. The number of benzene rings is 2. The number of amides is 1. The fourth-order valence-corrected chi connectivity index (χ4v) is 7.38. The highest BCUT2D eigenvalue weighted by atomic mass is 35.5. The maximum Gasteiger partial charge on any atom is 0.264 e. The summed E-state index contributed by atoms with van der Waals surface area (Å²) in [5.74, 6) is 0.629. The molecule has 2 aliphatic heterocycles. The number of aliphatic hydroxyl groups is 1. The zero-order valence-corrected chi connectivity index (χ0v) is 24.1. The first-order valence-electron chi connectivity index (χ1n) is 14.2. The number of rotatable bonds is 0. The zero-order chi connectivity index (χ0) is 27.6. The van der Waals surface area contributed by atoms with Gasteiger partial charge in [-0.3, -0.25) is 4.79 Å². The van der Waals surface area contributed by atoms with Crippen molar-refractivity contribution in [3.05, 3.63) is 58.1 Å². The summed E-state index contributed by atoms with van der Waals surface area (Å²) >= 11 is 6.29. The Labute approximate surface area is 236 Å². The molecule has 0 saturated heterocycles. The Balaban J connectivity index is 1.52. The smallest absolute Gasteiger partial charge is 0.264 e. The molecule has 2 heterocycles. The predicted molar refractivity (Wildman–Crippen MR) is 154 cm³/mol. The van der Waals surface area contributed by atoms with E-state index in [9.17, 15) is 18.3 Å². The van der Waals surface area contributed by atoms with Crippen molar-refractivity contribution in [2.45, 2.75) is 82.7 Å². The number of aryl methyl sites for hydroxylation is 1. The van der Waals surface area contributed by atoms with Gasteiger partial charge in [-0.15, -0.1) is 0 Å². The van der Waals surface area contributed by atoms with Gasteiger partial charge in [0.2, 0.25) is 10.0 Å². The van der Waals surface area contributed by atoms with Crippen LogP contribution in [0, 0.1) is 11.8 Å². The van der Waals surface area contributed by atoms with E-state index in [4.69, 9.17) is 16.3 Å². The maximum absolute atomic E-state index is 13.2. The minimum absolute atomic E-state index is 0.236. The number of hydrogen-bond acceptors (Lipinski definition) is 6. The lowest BCUT2D eigenvalue weighted by Crippen LogP contribution is -2.44. The van der Waals surface area contributed by atoms with Gasteiger partial charge < -0.3 is 14.7 Å². The second-order valence-corrected chi connectivity index (χ2v) is 14.0. The lowest BCUT2D eigenvalue weighted by Gasteiger charge is -2.43. The van der Waals surface area contributed by atoms with Crippen molar-refractivity contribution >= 4 is 33.2 Å². The zero-order valence-electron chi connectivity index (χ0n) is 22.6. The second-order valence-electron chi connectivity index (χ2n) is 11.4. The predicted octanol–water partition coefficient (Wildman–Crippen LogP) is 5.47. The summed E-state index contributed by atoms with van der Waals surface area (Å²) in [6, 6.07) is 11.1. The molecular weight excluding hydrogens is 536 g/mol. The first-order chi connectivity index (χ1) is 18.7. The third-order valence-electron chi connectivity index (χ3n) is 8.79. The molecule has 0 aromatic heterocycles. The fraction of sp³-hybridized carbons (Fsp3) is 0.567. The van der Waals surface area contributed by atoms with Gasteiger partial charge in [0.1, 0.15) is 12.4 Å². The molecule has 2 aromatic rings. The first-order valence-corrected chi connectivity index (χ1v) is 16.2. The highest BCUT2D eigenvalue weighted by Crippen LogP contribution is 2.41. The van der Waals surface area contributed by atoms with Crippen molar-refractivity contribution < 1.29 is 23.1 Å². The number of sulfonamides is 1. The van der Waals surface area contributed by atoms with Gasteiger partial charge in [-0.1, -0.05) is 30.5 Å². The lowest BCUT2D eigenvalue weighted by atomic mass is 9.69. The summed E-state index contributed by atoms with van der Waals surface area (Å²) < 4.78 is 34.5. The Morgan fingerprint density at radius 2 is 1.82 bits per heavy atom. The number of nitrogens with one attached hydrogen (secondary N) is 1. The third-order valence-corrected chi connectivity index (χ3v) is 10.8. The standard InChI is InChI=1S/C30H39ClN2O5S/c1-20-6-2-3-8-28(34)26-13-10-23(26)18-33-15-5-4-7-21-16-25(31)12-9-24(21)19-38-29-14-11-22(17-27(29)33)30(35)32-39(20,36)37/h9,11-12,14,16-17,20,23,26,28,34H,2-8,10,13,15,18-19H2,1H3,(H,32,35)/t20-,23-,26+,28-/m0/s1. The van der Waals surface area contributed by atoms with E-state index in [1.807, 2.05) is 18.2 Å². The molecule has 2 aromatic carbocycles. The SMILES string of the molecule is C[C@H]1CCCC[C@H](O)[C@@H]2CC[C@H]2CN2CCCCc3cc(Cl)ccc3COc3ccc(cc32)C(=O)NS1(=O)=O. The van der Waals surface area contributed by atoms with Crippen molar-refractivity contribution in [2.75, 3.05) is 18.0 Å². The average molecular weight is 575 g/mol. The van der Waals surface area contributed by atoms with Gasteiger partial charge in [-0.25, -0.2) is 13.1 Å². The quantitative estimate of drug-likeness (QED) is 0.433. The van der Waals surface area contributed by atoms with Crippen LogP contribution in [0.4, 0.5) is 5.69 Å². The number of carbonyl (C=O) groups excluding carboxylic acids is 1. The van der Waals surface area contributed by atoms with Crippen LogP contribution in [0.1, 0.15) is 79.8 Å². The molecule has 9 heteroatoms. The Bertz CT molecular complexity index is 1300. The molecule has 0 radical (unpaired) electrons. The van der Waals surface area contributed by atoms with Crippen molar-refractivity contribution in [2.24, 2.45) is 11.8 Å². The second kappa shape index (κ2) is 12.1. The van der Waals surface area contributed by atoms with E-state index in [1.54, 1.807) is 25.1 Å². The van der Waals surface area contributed by atoms with Gasteiger partial charge in [0, 0.05) is 23.7 Å². The molecule has 212 valence electrons. The van der Waals surface area contributed by atoms with Crippen LogP contribution in [0.3, 0.4) is 0 Å². The summed E-state index contributed by atoms with van der Waals surface area (Å²) in [6.07, 6.45) is 7.09. The number of anilines is 1. The Hall–Kier alpha value is -2.29. The molecule has 5 rings (SSSR count).